The van der Waals surface area contributed by atoms with Crippen molar-refractivity contribution >= 4 is 46.3 Å². The number of ether oxygens (including phenoxy) is 2. The number of aromatic hydroxyl groups is 1. The van der Waals surface area contributed by atoms with Crippen molar-refractivity contribution in [3.05, 3.63) is 49.5 Å². The average molecular weight is 503 g/mol. The highest BCUT2D eigenvalue weighted by atomic mass is 127. The molecule has 8 heteroatoms. The van der Waals surface area contributed by atoms with Crippen molar-refractivity contribution in [2.75, 3.05) is 13.2 Å². The highest BCUT2D eigenvalue weighted by Crippen LogP contribution is 2.32. The van der Waals surface area contributed by atoms with E-state index in [-0.39, 0.29) is 12.4 Å². The maximum absolute atomic E-state index is 11.9. The number of nitrogens with one attached hydrogen (secondary N) is 1. The van der Waals surface area contributed by atoms with Gasteiger partial charge in [0.1, 0.15) is 5.75 Å². The fourth-order valence-electron chi connectivity index (χ4n) is 2.28. The molecule has 0 bridgehead atoms. The molecule has 2 aromatic carbocycles. The molecule has 2 rings (SSSR count). The average Bonchev–Trinajstić information content (AvgIpc) is 2.62. The van der Waals surface area contributed by atoms with Gasteiger partial charge in [0, 0.05) is 5.02 Å². The highest BCUT2D eigenvalue weighted by Gasteiger charge is 2.09. The Hall–Kier alpha value is -2.00. The smallest absolute Gasteiger partial charge is 0.277 e. The Morgan fingerprint density at radius 2 is 1.93 bits per heavy atom. The molecular weight excluding hydrogens is 483 g/mol. The second-order valence-corrected chi connectivity index (χ2v) is 7.28. The zero-order valence-electron chi connectivity index (χ0n) is 15.2. The van der Waals surface area contributed by atoms with Gasteiger partial charge in [0.15, 0.2) is 18.1 Å². The molecule has 0 heterocycles. The Morgan fingerprint density at radius 3 is 2.56 bits per heavy atom. The minimum absolute atomic E-state index is 0.0839. The van der Waals surface area contributed by atoms with Crippen molar-refractivity contribution in [3.8, 4) is 17.2 Å². The molecule has 0 aromatic heterocycles. The normalized spacial score (nSPS) is 10.9. The lowest BCUT2D eigenvalue weighted by Gasteiger charge is -2.09. The number of carbonyl (C=O) groups is 1. The first-order chi connectivity index (χ1) is 12.8. The van der Waals surface area contributed by atoms with Crippen LogP contribution in [0.4, 0.5) is 0 Å². The van der Waals surface area contributed by atoms with Gasteiger partial charge in [0.05, 0.1) is 16.4 Å². The fourth-order valence-corrected chi connectivity index (χ4v) is 3.02. The number of phenols is 1. The number of amides is 1. The van der Waals surface area contributed by atoms with Gasteiger partial charge in [0.25, 0.3) is 5.91 Å². The fraction of sp³-hybridized carbons (Fsp3) is 0.263. The highest BCUT2D eigenvalue weighted by molar-refractivity contribution is 14.1. The van der Waals surface area contributed by atoms with Crippen LogP contribution in [-0.2, 0) is 4.79 Å². The van der Waals surface area contributed by atoms with Crippen molar-refractivity contribution in [1.82, 2.24) is 5.43 Å². The van der Waals surface area contributed by atoms with Crippen LogP contribution >= 0.6 is 34.2 Å². The first-order valence-corrected chi connectivity index (χ1v) is 9.64. The molecule has 0 atom stereocenters. The van der Waals surface area contributed by atoms with Crippen molar-refractivity contribution in [1.29, 1.82) is 0 Å². The molecule has 0 spiro atoms. The molecular formula is C19H20ClIN2O4. The van der Waals surface area contributed by atoms with E-state index in [0.29, 0.717) is 32.3 Å². The van der Waals surface area contributed by atoms with Gasteiger partial charge < -0.3 is 14.6 Å². The first kappa shape index (κ1) is 21.3. The second kappa shape index (κ2) is 9.80. The molecule has 0 radical (unpaired) electrons. The Morgan fingerprint density at radius 1 is 1.26 bits per heavy atom. The predicted molar refractivity (Wildman–Crippen MR) is 114 cm³/mol. The molecule has 2 N–H and O–H groups in total. The summed E-state index contributed by atoms with van der Waals surface area (Å²) in [5.41, 5.74) is 4.86. The molecule has 27 heavy (non-hydrogen) atoms. The summed E-state index contributed by atoms with van der Waals surface area (Å²) in [4.78, 5) is 11.9. The van der Waals surface area contributed by atoms with Gasteiger partial charge in [-0.15, -0.1) is 0 Å². The minimum atomic E-state index is -0.394. The Kier molecular flexibility index (Phi) is 7.73. The monoisotopic (exact) mass is 502 g/mol. The van der Waals surface area contributed by atoms with E-state index < -0.39 is 5.91 Å². The largest absolute Gasteiger partial charge is 0.504 e. The summed E-state index contributed by atoms with van der Waals surface area (Å²) in [5, 5.41) is 14.5. The van der Waals surface area contributed by atoms with E-state index in [1.807, 2.05) is 43.4 Å². The lowest BCUT2D eigenvalue weighted by Crippen LogP contribution is -2.24. The van der Waals surface area contributed by atoms with E-state index in [1.54, 1.807) is 24.3 Å². The number of phenolic OH excluding ortho intramolecular Hbond substituents is 1. The van der Waals surface area contributed by atoms with E-state index in [9.17, 15) is 9.90 Å². The van der Waals surface area contributed by atoms with E-state index in [2.05, 4.69) is 10.5 Å². The summed E-state index contributed by atoms with van der Waals surface area (Å²) in [6, 6.07) is 6.93. The van der Waals surface area contributed by atoms with Gasteiger partial charge in [-0.05, 0) is 84.3 Å². The van der Waals surface area contributed by atoms with Crippen molar-refractivity contribution in [3.63, 3.8) is 0 Å². The molecule has 0 aliphatic heterocycles. The molecule has 0 aliphatic rings. The van der Waals surface area contributed by atoms with Crippen LogP contribution < -0.4 is 14.9 Å². The number of carbonyl (C=O) groups excluding carboxylic acids is 1. The molecule has 0 fully saturated rings. The van der Waals surface area contributed by atoms with Crippen molar-refractivity contribution in [2.24, 2.45) is 5.10 Å². The number of aryl methyl sites for hydroxylation is 2. The van der Waals surface area contributed by atoms with Crippen molar-refractivity contribution < 1.29 is 19.4 Å². The standard InChI is InChI=1S/C19H20ClIN2O4/c1-4-26-16-8-13(7-15(21)19(16)25)9-22-23-17(24)10-27-14-5-11(2)18(20)12(3)6-14/h5-9,25H,4,10H2,1-3H3,(H,23,24)/b22-9+. The zero-order chi connectivity index (χ0) is 20.0. The summed E-state index contributed by atoms with van der Waals surface area (Å²) < 4.78 is 11.5. The molecule has 2 aromatic rings. The number of nitrogens with zero attached hydrogens (tertiary/aromatic N) is 1. The van der Waals surface area contributed by atoms with Gasteiger partial charge in [-0.25, -0.2) is 5.43 Å². The van der Waals surface area contributed by atoms with Crippen LogP contribution in [0.2, 0.25) is 5.02 Å². The van der Waals surface area contributed by atoms with Gasteiger partial charge in [0.2, 0.25) is 0 Å². The number of rotatable bonds is 7. The van der Waals surface area contributed by atoms with Crippen LogP contribution in [0.5, 0.6) is 17.2 Å². The molecule has 144 valence electrons. The third-order valence-corrected chi connectivity index (χ3v) is 4.95. The zero-order valence-corrected chi connectivity index (χ0v) is 18.1. The van der Waals surface area contributed by atoms with Gasteiger partial charge in [-0.2, -0.15) is 5.10 Å². The maximum Gasteiger partial charge on any atom is 0.277 e. The SMILES string of the molecule is CCOc1cc(/C=N/NC(=O)COc2cc(C)c(Cl)c(C)c2)cc(I)c1O. The van der Waals surface area contributed by atoms with Crippen LogP contribution in [0, 0.1) is 17.4 Å². The summed E-state index contributed by atoms with van der Waals surface area (Å²) >= 11 is 8.11. The Bertz CT molecular complexity index is 848. The van der Waals surface area contributed by atoms with E-state index in [1.165, 1.54) is 6.21 Å². The van der Waals surface area contributed by atoms with E-state index in [4.69, 9.17) is 21.1 Å². The second-order valence-electron chi connectivity index (χ2n) is 5.74. The maximum atomic E-state index is 11.9. The van der Waals surface area contributed by atoms with Crippen LogP contribution in [0.3, 0.4) is 0 Å². The summed E-state index contributed by atoms with van der Waals surface area (Å²) in [6.45, 7) is 5.85. The molecule has 0 saturated heterocycles. The van der Waals surface area contributed by atoms with Gasteiger partial charge >= 0.3 is 0 Å². The Balaban J connectivity index is 1.94. The summed E-state index contributed by atoms with van der Waals surface area (Å²) in [6.07, 6.45) is 1.47. The Labute approximate surface area is 176 Å². The molecule has 0 saturated carbocycles. The molecule has 0 unspecified atom stereocenters. The summed E-state index contributed by atoms with van der Waals surface area (Å²) in [5.74, 6) is 0.632. The predicted octanol–water partition coefficient (Wildman–Crippen LogP) is 4.19. The van der Waals surface area contributed by atoms with E-state index >= 15 is 0 Å². The van der Waals surface area contributed by atoms with E-state index in [0.717, 1.165) is 11.1 Å². The number of hydrogen-bond donors (Lipinski definition) is 2. The lowest BCUT2D eigenvalue weighted by molar-refractivity contribution is -0.123. The van der Waals surface area contributed by atoms with Crippen molar-refractivity contribution in [2.45, 2.75) is 20.8 Å². The topological polar surface area (TPSA) is 80.2 Å². The summed E-state index contributed by atoms with van der Waals surface area (Å²) in [7, 11) is 0. The van der Waals surface area contributed by atoms with Gasteiger partial charge in [-0.3, -0.25) is 4.79 Å². The minimum Gasteiger partial charge on any atom is -0.504 e. The number of hydrazone groups is 1. The van der Waals surface area contributed by atoms with Crippen LogP contribution in [-0.4, -0.2) is 30.4 Å². The number of benzene rings is 2. The molecule has 1 amide bonds. The first-order valence-electron chi connectivity index (χ1n) is 8.18. The van der Waals surface area contributed by atoms with Gasteiger partial charge in [-0.1, -0.05) is 11.6 Å². The molecule has 6 nitrogen and oxygen atoms in total. The quantitative estimate of drug-likeness (QED) is 0.338. The van der Waals surface area contributed by atoms with Crippen LogP contribution in [0.25, 0.3) is 0 Å². The van der Waals surface area contributed by atoms with Crippen LogP contribution in [0.1, 0.15) is 23.6 Å². The lowest BCUT2D eigenvalue weighted by atomic mass is 10.1. The van der Waals surface area contributed by atoms with Crippen LogP contribution in [0.15, 0.2) is 29.4 Å². The third-order valence-electron chi connectivity index (χ3n) is 3.53. The molecule has 0 aliphatic carbocycles. The number of hydrogen-bond acceptors (Lipinski definition) is 5. The third kappa shape index (κ3) is 6.00. The number of halogens is 2.